The van der Waals surface area contributed by atoms with Crippen LogP contribution in [-0.4, -0.2) is 16.8 Å². The van der Waals surface area contributed by atoms with Crippen molar-refractivity contribution < 1.29 is 9.53 Å². The van der Waals surface area contributed by atoms with Crippen molar-refractivity contribution in [2.24, 2.45) is 0 Å². The van der Waals surface area contributed by atoms with Gasteiger partial charge in [0, 0.05) is 17.8 Å². The molecule has 0 amide bonds. The summed E-state index contributed by atoms with van der Waals surface area (Å²) in [7, 11) is 0. The van der Waals surface area contributed by atoms with Crippen LogP contribution in [0, 0.1) is 0 Å². The van der Waals surface area contributed by atoms with Crippen LogP contribution in [0.1, 0.15) is 54.6 Å². The summed E-state index contributed by atoms with van der Waals surface area (Å²) in [6, 6.07) is 21.3. The highest BCUT2D eigenvalue weighted by Gasteiger charge is 2.17. The second kappa shape index (κ2) is 10.4. The first-order valence-electron chi connectivity index (χ1n) is 10.2. The molecule has 0 bridgehead atoms. The first-order valence-corrected chi connectivity index (χ1v) is 10.2. The third-order valence-electron chi connectivity index (χ3n) is 4.87. The van der Waals surface area contributed by atoms with E-state index >= 15 is 0 Å². The Bertz CT molecular complexity index is 925. The Morgan fingerprint density at radius 2 is 1.86 bits per heavy atom. The van der Waals surface area contributed by atoms with Crippen LogP contribution in [-0.2, 0) is 6.61 Å². The predicted molar refractivity (Wildman–Crippen MR) is 117 cm³/mol. The zero-order valence-corrected chi connectivity index (χ0v) is 17.1. The average Bonchev–Trinajstić information content (AvgIpc) is 2.78. The Kier molecular flexibility index (Phi) is 7.40. The van der Waals surface area contributed by atoms with Gasteiger partial charge < -0.3 is 10.1 Å². The number of aromatic nitrogens is 1. The molecule has 1 unspecified atom stereocenters. The fraction of sp³-hybridized carbons (Fsp3) is 0.280. The summed E-state index contributed by atoms with van der Waals surface area (Å²) in [4.78, 5) is 17.6. The number of ketones is 1. The van der Waals surface area contributed by atoms with Gasteiger partial charge in [0.15, 0.2) is 5.78 Å². The summed E-state index contributed by atoms with van der Waals surface area (Å²) < 4.78 is 5.88. The van der Waals surface area contributed by atoms with Crippen LogP contribution in [0.4, 0.5) is 5.82 Å². The number of nitrogens with one attached hydrogen (secondary N) is 1. The Balaban J connectivity index is 1.77. The molecule has 0 radical (unpaired) electrons. The molecule has 0 saturated heterocycles. The van der Waals surface area contributed by atoms with Crippen molar-refractivity contribution in [3.8, 4) is 5.75 Å². The Labute approximate surface area is 173 Å². The maximum absolute atomic E-state index is 13.2. The molecule has 29 heavy (non-hydrogen) atoms. The molecule has 4 heteroatoms. The van der Waals surface area contributed by atoms with Gasteiger partial charge in [-0.25, -0.2) is 4.98 Å². The molecule has 150 valence electrons. The largest absolute Gasteiger partial charge is 0.489 e. The maximum Gasteiger partial charge on any atom is 0.196 e. The van der Waals surface area contributed by atoms with E-state index < -0.39 is 0 Å². The molecule has 3 rings (SSSR count). The van der Waals surface area contributed by atoms with E-state index in [1.54, 1.807) is 18.3 Å². The van der Waals surface area contributed by atoms with Crippen LogP contribution in [0.25, 0.3) is 0 Å². The Morgan fingerprint density at radius 3 is 2.62 bits per heavy atom. The fourth-order valence-electron chi connectivity index (χ4n) is 3.25. The van der Waals surface area contributed by atoms with Crippen molar-refractivity contribution in [1.82, 2.24) is 4.98 Å². The molecular weight excluding hydrogens is 360 g/mol. The number of rotatable bonds is 10. The summed E-state index contributed by atoms with van der Waals surface area (Å²) in [5.74, 6) is 1.26. The van der Waals surface area contributed by atoms with Crippen molar-refractivity contribution in [2.45, 2.75) is 45.8 Å². The van der Waals surface area contributed by atoms with Crippen molar-refractivity contribution in [2.75, 3.05) is 5.32 Å². The molecular formula is C25H28N2O2. The summed E-state index contributed by atoms with van der Waals surface area (Å²) in [6.45, 7) is 4.77. The molecule has 1 N–H and O–H groups in total. The minimum Gasteiger partial charge on any atom is -0.489 e. The number of anilines is 1. The zero-order chi connectivity index (χ0) is 20.5. The van der Waals surface area contributed by atoms with Crippen LogP contribution in [0.5, 0.6) is 5.75 Å². The lowest BCUT2D eigenvalue weighted by atomic mass is 10.0. The lowest BCUT2D eigenvalue weighted by molar-refractivity contribution is 0.103. The van der Waals surface area contributed by atoms with Gasteiger partial charge >= 0.3 is 0 Å². The van der Waals surface area contributed by atoms with Crippen LogP contribution in [0.2, 0.25) is 0 Å². The predicted octanol–water partition coefficient (Wildman–Crippen LogP) is 5.88. The number of benzene rings is 2. The highest BCUT2D eigenvalue weighted by Crippen LogP contribution is 2.22. The molecule has 0 spiro atoms. The Morgan fingerprint density at radius 1 is 1.03 bits per heavy atom. The van der Waals surface area contributed by atoms with Gasteiger partial charge in [-0.15, -0.1) is 0 Å². The average molecular weight is 389 g/mol. The van der Waals surface area contributed by atoms with Gasteiger partial charge in [-0.3, -0.25) is 4.79 Å². The number of hydrogen-bond acceptors (Lipinski definition) is 4. The molecule has 2 aromatic carbocycles. The third-order valence-corrected chi connectivity index (χ3v) is 4.87. The van der Waals surface area contributed by atoms with Crippen LogP contribution in [0.15, 0.2) is 72.9 Å². The molecule has 1 heterocycles. The number of hydrogen-bond donors (Lipinski definition) is 1. The van der Waals surface area contributed by atoms with E-state index in [4.69, 9.17) is 4.74 Å². The van der Waals surface area contributed by atoms with E-state index in [-0.39, 0.29) is 5.78 Å². The van der Waals surface area contributed by atoms with Gasteiger partial charge in [-0.05, 0) is 42.7 Å². The second-order valence-corrected chi connectivity index (χ2v) is 7.07. The lowest BCUT2D eigenvalue weighted by Crippen LogP contribution is -2.21. The van der Waals surface area contributed by atoms with Crippen LogP contribution >= 0.6 is 0 Å². The smallest absolute Gasteiger partial charge is 0.196 e. The summed E-state index contributed by atoms with van der Waals surface area (Å²) in [6.07, 6.45) is 4.84. The summed E-state index contributed by atoms with van der Waals surface area (Å²) in [5, 5.41) is 3.45. The van der Waals surface area contributed by atoms with Gasteiger partial charge in [0.25, 0.3) is 0 Å². The minimum atomic E-state index is -0.0582. The van der Waals surface area contributed by atoms with Gasteiger partial charge in [0.1, 0.15) is 18.2 Å². The number of ether oxygens (including phenoxy) is 1. The first kappa shape index (κ1) is 20.6. The summed E-state index contributed by atoms with van der Waals surface area (Å²) >= 11 is 0. The molecule has 3 aromatic rings. The highest BCUT2D eigenvalue weighted by atomic mass is 16.5. The second-order valence-electron chi connectivity index (χ2n) is 7.07. The number of nitrogens with zero attached hydrogens (tertiary/aromatic N) is 1. The van der Waals surface area contributed by atoms with Gasteiger partial charge in [-0.2, -0.15) is 0 Å². The SMILES string of the molecule is CCCC(CC)Nc1ncccc1C(=O)c1cccc(OCc2ccccc2)c1. The fourth-order valence-corrected chi connectivity index (χ4v) is 3.25. The van der Waals surface area contributed by atoms with Gasteiger partial charge in [0.2, 0.25) is 0 Å². The van der Waals surface area contributed by atoms with E-state index in [0.717, 1.165) is 24.8 Å². The normalized spacial score (nSPS) is 11.7. The standard InChI is InChI=1S/C25H28N2O2/c1-3-10-21(4-2)27-25-23(15-9-16-26-25)24(28)20-13-8-14-22(17-20)29-18-19-11-6-5-7-12-19/h5-9,11-17,21H,3-4,10,18H2,1-2H3,(H,26,27). The van der Waals surface area contributed by atoms with E-state index in [1.165, 1.54) is 0 Å². The molecule has 1 atom stereocenters. The van der Waals surface area contributed by atoms with Gasteiger partial charge in [0.05, 0.1) is 5.56 Å². The van der Waals surface area contributed by atoms with E-state index in [2.05, 4.69) is 24.1 Å². The zero-order valence-electron chi connectivity index (χ0n) is 17.1. The molecule has 0 fully saturated rings. The van der Waals surface area contributed by atoms with E-state index in [1.807, 2.05) is 54.6 Å². The van der Waals surface area contributed by atoms with Crippen molar-refractivity contribution in [3.63, 3.8) is 0 Å². The lowest BCUT2D eigenvalue weighted by Gasteiger charge is -2.18. The van der Waals surface area contributed by atoms with E-state index in [9.17, 15) is 4.79 Å². The highest BCUT2D eigenvalue weighted by molar-refractivity contribution is 6.12. The molecule has 0 aliphatic carbocycles. The number of pyridine rings is 1. The number of carbonyl (C=O) groups excluding carboxylic acids is 1. The first-order chi connectivity index (χ1) is 14.2. The van der Waals surface area contributed by atoms with Crippen molar-refractivity contribution in [1.29, 1.82) is 0 Å². The van der Waals surface area contributed by atoms with Gasteiger partial charge in [-0.1, -0.05) is 62.7 Å². The van der Waals surface area contributed by atoms with Crippen LogP contribution < -0.4 is 10.1 Å². The molecule has 0 aliphatic rings. The van der Waals surface area contributed by atoms with Crippen molar-refractivity contribution >= 4 is 11.6 Å². The molecule has 1 aromatic heterocycles. The molecule has 0 saturated carbocycles. The minimum absolute atomic E-state index is 0.0582. The monoisotopic (exact) mass is 388 g/mol. The Hall–Kier alpha value is -3.14. The molecule has 0 aliphatic heterocycles. The molecule has 4 nitrogen and oxygen atoms in total. The topological polar surface area (TPSA) is 51.2 Å². The van der Waals surface area contributed by atoms with Crippen molar-refractivity contribution in [3.05, 3.63) is 89.6 Å². The quantitative estimate of drug-likeness (QED) is 0.441. The van der Waals surface area contributed by atoms with E-state index in [0.29, 0.717) is 35.3 Å². The maximum atomic E-state index is 13.2. The van der Waals surface area contributed by atoms with Crippen LogP contribution in [0.3, 0.4) is 0 Å². The number of carbonyl (C=O) groups is 1. The third kappa shape index (κ3) is 5.67. The summed E-state index contributed by atoms with van der Waals surface area (Å²) in [5.41, 5.74) is 2.27.